The summed E-state index contributed by atoms with van der Waals surface area (Å²) in [5.74, 6) is -1.66. The lowest BCUT2D eigenvalue weighted by Gasteiger charge is -2.17. The summed E-state index contributed by atoms with van der Waals surface area (Å²) in [5, 5.41) is 9.09. The first-order valence-corrected chi connectivity index (χ1v) is 7.13. The molecule has 0 amide bonds. The minimum absolute atomic E-state index is 0.0109. The maximum atomic E-state index is 12.1. The number of ether oxygens (including phenoxy) is 1. The monoisotopic (exact) mass is 278 g/mol. The highest BCUT2D eigenvalue weighted by atomic mass is 16.5. The van der Waals surface area contributed by atoms with Gasteiger partial charge in [0.25, 0.3) is 0 Å². The summed E-state index contributed by atoms with van der Waals surface area (Å²) in [7, 11) is 0. The minimum atomic E-state index is -1.11. The molecular formula is C16H22O4. The number of hydrogen-bond donors (Lipinski definition) is 1. The van der Waals surface area contributed by atoms with Crippen LogP contribution in [0.3, 0.4) is 0 Å². The lowest BCUT2D eigenvalue weighted by atomic mass is 10.1. The molecule has 0 saturated carbocycles. The fraction of sp³-hybridized carbons (Fsp3) is 0.500. The minimum Gasteiger partial charge on any atom is -0.478 e. The second kappa shape index (κ2) is 8.35. The fourth-order valence-corrected chi connectivity index (χ4v) is 2.08. The van der Waals surface area contributed by atoms with Crippen LogP contribution >= 0.6 is 0 Å². The lowest BCUT2D eigenvalue weighted by Crippen LogP contribution is -2.20. The molecule has 4 nitrogen and oxygen atoms in total. The summed E-state index contributed by atoms with van der Waals surface area (Å²) in [6.45, 7) is 4.13. The topological polar surface area (TPSA) is 63.6 Å². The van der Waals surface area contributed by atoms with Gasteiger partial charge >= 0.3 is 11.9 Å². The highest BCUT2D eigenvalue weighted by Gasteiger charge is 2.20. The predicted molar refractivity (Wildman–Crippen MR) is 77.0 cm³/mol. The third kappa shape index (κ3) is 4.68. The van der Waals surface area contributed by atoms with E-state index >= 15 is 0 Å². The van der Waals surface area contributed by atoms with Crippen LogP contribution in [0.25, 0.3) is 0 Å². The summed E-state index contributed by atoms with van der Waals surface area (Å²) in [6.07, 6.45) is 4.48. The average Bonchev–Trinajstić information content (AvgIpc) is 2.44. The van der Waals surface area contributed by atoms with Gasteiger partial charge < -0.3 is 9.84 Å². The van der Waals surface area contributed by atoms with Gasteiger partial charge in [0.1, 0.15) is 6.10 Å². The van der Waals surface area contributed by atoms with Crippen LogP contribution in [-0.4, -0.2) is 23.1 Å². The van der Waals surface area contributed by atoms with Gasteiger partial charge in [0, 0.05) is 0 Å². The van der Waals surface area contributed by atoms with Crippen LogP contribution < -0.4 is 0 Å². The molecule has 1 aromatic rings. The molecule has 110 valence electrons. The van der Waals surface area contributed by atoms with E-state index in [0.29, 0.717) is 0 Å². The van der Waals surface area contributed by atoms with Crippen LogP contribution in [0, 0.1) is 0 Å². The molecule has 1 atom stereocenters. The zero-order chi connectivity index (χ0) is 15.0. The predicted octanol–water partition coefficient (Wildman–Crippen LogP) is 3.90. The number of hydrogen-bond acceptors (Lipinski definition) is 3. The average molecular weight is 278 g/mol. The van der Waals surface area contributed by atoms with Crippen molar-refractivity contribution in [3.8, 4) is 0 Å². The smallest absolute Gasteiger partial charge is 0.339 e. The van der Waals surface area contributed by atoms with E-state index in [1.807, 2.05) is 6.92 Å². The van der Waals surface area contributed by atoms with E-state index in [4.69, 9.17) is 9.84 Å². The van der Waals surface area contributed by atoms with Gasteiger partial charge in [0.2, 0.25) is 0 Å². The number of unbranched alkanes of at least 4 members (excludes halogenated alkanes) is 1. The summed E-state index contributed by atoms with van der Waals surface area (Å²) < 4.78 is 5.47. The van der Waals surface area contributed by atoms with E-state index in [1.165, 1.54) is 12.1 Å². The number of benzene rings is 1. The summed E-state index contributed by atoms with van der Waals surface area (Å²) in [5.41, 5.74) is 0.112. The van der Waals surface area contributed by atoms with E-state index in [1.54, 1.807) is 12.1 Å². The van der Waals surface area contributed by atoms with E-state index in [2.05, 4.69) is 6.92 Å². The van der Waals surface area contributed by atoms with Crippen molar-refractivity contribution in [1.29, 1.82) is 0 Å². The number of carboxylic acid groups (broad SMARTS) is 1. The van der Waals surface area contributed by atoms with E-state index < -0.39 is 11.9 Å². The molecule has 0 bridgehead atoms. The standard InChI is InChI=1S/C16H22O4/c1-3-5-9-12(8-4-2)20-16(19)14-11-7-6-10-13(14)15(17)18/h6-7,10-12H,3-5,8-9H2,1-2H3,(H,17,18). The van der Waals surface area contributed by atoms with Crippen molar-refractivity contribution < 1.29 is 19.4 Å². The SMILES string of the molecule is CCCCC(CCC)OC(=O)c1ccccc1C(=O)O. The van der Waals surface area contributed by atoms with Crippen molar-refractivity contribution in [3.05, 3.63) is 35.4 Å². The zero-order valence-corrected chi connectivity index (χ0v) is 12.1. The zero-order valence-electron chi connectivity index (χ0n) is 12.1. The molecule has 1 N–H and O–H groups in total. The molecule has 20 heavy (non-hydrogen) atoms. The Labute approximate surface area is 119 Å². The van der Waals surface area contributed by atoms with Crippen LogP contribution in [0.5, 0.6) is 0 Å². The van der Waals surface area contributed by atoms with Gasteiger partial charge in [-0.2, -0.15) is 0 Å². The third-order valence-electron chi connectivity index (χ3n) is 3.14. The maximum Gasteiger partial charge on any atom is 0.339 e. The van der Waals surface area contributed by atoms with E-state index in [0.717, 1.165) is 32.1 Å². The maximum absolute atomic E-state index is 12.1. The number of rotatable bonds is 8. The molecule has 0 saturated heterocycles. The molecule has 0 radical (unpaired) electrons. The van der Waals surface area contributed by atoms with Gasteiger partial charge in [-0.05, 0) is 25.0 Å². The quantitative estimate of drug-likeness (QED) is 0.732. The number of esters is 1. The number of carbonyl (C=O) groups excluding carboxylic acids is 1. The van der Waals surface area contributed by atoms with Crippen LogP contribution in [0.4, 0.5) is 0 Å². The number of aromatic carboxylic acids is 1. The van der Waals surface area contributed by atoms with Gasteiger partial charge in [-0.15, -0.1) is 0 Å². The van der Waals surface area contributed by atoms with E-state index in [9.17, 15) is 9.59 Å². The van der Waals surface area contributed by atoms with Gasteiger partial charge in [0.05, 0.1) is 11.1 Å². The highest BCUT2D eigenvalue weighted by molar-refractivity contribution is 6.02. The first-order valence-electron chi connectivity index (χ1n) is 7.13. The molecule has 0 heterocycles. The molecule has 0 aliphatic carbocycles. The number of carboxylic acids is 1. The Balaban J connectivity index is 2.80. The Morgan fingerprint density at radius 2 is 1.75 bits per heavy atom. The molecule has 1 unspecified atom stereocenters. The van der Waals surface area contributed by atoms with Crippen LogP contribution in [0.2, 0.25) is 0 Å². The first kappa shape index (κ1) is 16.2. The third-order valence-corrected chi connectivity index (χ3v) is 3.14. The van der Waals surface area contributed by atoms with Gasteiger partial charge in [-0.3, -0.25) is 0 Å². The molecule has 0 aliphatic heterocycles. The Bertz CT molecular complexity index is 454. The summed E-state index contributed by atoms with van der Waals surface area (Å²) in [6, 6.07) is 6.15. The Kier molecular flexibility index (Phi) is 6.77. The summed E-state index contributed by atoms with van der Waals surface area (Å²) >= 11 is 0. The largest absolute Gasteiger partial charge is 0.478 e. The van der Waals surface area contributed by atoms with E-state index in [-0.39, 0.29) is 17.2 Å². The Hall–Kier alpha value is -1.84. The van der Waals surface area contributed by atoms with Crippen LogP contribution in [0.1, 0.15) is 66.7 Å². The van der Waals surface area contributed by atoms with Crippen molar-refractivity contribution in [1.82, 2.24) is 0 Å². The fourth-order valence-electron chi connectivity index (χ4n) is 2.08. The van der Waals surface area contributed by atoms with Crippen molar-refractivity contribution in [2.24, 2.45) is 0 Å². The van der Waals surface area contributed by atoms with Gasteiger partial charge in [-0.25, -0.2) is 9.59 Å². The molecule has 1 aromatic carbocycles. The molecule has 0 aliphatic rings. The highest BCUT2D eigenvalue weighted by Crippen LogP contribution is 2.16. The summed E-state index contributed by atoms with van der Waals surface area (Å²) in [4.78, 5) is 23.2. The molecule has 4 heteroatoms. The second-order valence-corrected chi connectivity index (χ2v) is 4.81. The normalized spacial score (nSPS) is 11.9. The Morgan fingerprint density at radius 3 is 2.30 bits per heavy atom. The number of carbonyl (C=O) groups is 2. The molecule has 1 rings (SSSR count). The van der Waals surface area contributed by atoms with Crippen molar-refractivity contribution in [2.75, 3.05) is 0 Å². The van der Waals surface area contributed by atoms with Crippen molar-refractivity contribution in [2.45, 2.75) is 52.1 Å². The van der Waals surface area contributed by atoms with Crippen molar-refractivity contribution >= 4 is 11.9 Å². The second-order valence-electron chi connectivity index (χ2n) is 4.81. The van der Waals surface area contributed by atoms with Gasteiger partial charge in [-0.1, -0.05) is 45.2 Å². The Morgan fingerprint density at radius 1 is 1.10 bits per heavy atom. The van der Waals surface area contributed by atoms with Crippen LogP contribution in [-0.2, 0) is 4.74 Å². The van der Waals surface area contributed by atoms with Crippen LogP contribution in [0.15, 0.2) is 24.3 Å². The molecule has 0 aromatic heterocycles. The first-order chi connectivity index (χ1) is 9.60. The van der Waals surface area contributed by atoms with Crippen molar-refractivity contribution in [3.63, 3.8) is 0 Å². The molecule has 0 fully saturated rings. The lowest BCUT2D eigenvalue weighted by molar-refractivity contribution is 0.0250. The molecular weight excluding hydrogens is 256 g/mol. The van der Waals surface area contributed by atoms with Gasteiger partial charge in [0.15, 0.2) is 0 Å². The molecule has 0 spiro atoms.